The summed E-state index contributed by atoms with van der Waals surface area (Å²) in [5.41, 5.74) is 2.21. The number of hydrogen-bond donors (Lipinski definition) is 2. The number of halogens is 2. The second-order valence-electron chi connectivity index (χ2n) is 7.59. The molecule has 27 heavy (non-hydrogen) atoms. The van der Waals surface area contributed by atoms with E-state index in [-0.39, 0.29) is 5.56 Å². The molecule has 2 N–H and O–H groups in total. The van der Waals surface area contributed by atoms with Crippen LogP contribution >= 0.6 is 0 Å². The van der Waals surface area contributed by atoms with E-state index in [1.807, 2.05) is 0 Å². The zero-order valence-electron chi connectivity index (χ0n) is 15.4. The maximum Gasteiger partial charge on any atom is 0.152 e. The number of phenolic OH excluding ortho intramolecular Hbond substituents is 1. The molecule has 4 rings (SSSR count). The molecule has 1 saturated heterocycles. The third-order valence-corrected chi connectivity index (χ3v) is 5.53. The normalized spacial score (nSPS) is 20.3. The number of hydrogen-bond acceptors (Lipinski definition) is 5. The number of benzene rings is 1. The molecule has 7 heteroatoms. The Labute approximate surface area is 157 Å². The zero-order chi connectivity index (χ0) is 19.0. The molecule has 0 saturated carbocycles. The van der Waals surface area contributed by atoms with Crippen LogP contribution < -0.4 is 5.32 Å². The summed E-state index contributed by atoms with van der Waals surface area (Å²) in [7, 11) is 2.11. The molecule has 2 aliphatic rings. The van der Waals surface area contributed by atoms with Gasteiger partial charge in [0, 0.05) is 30.3 Å². The van der Waals surface area contributed by atoms with Gasteiger partial charge in [-0.3, -0.25) is 0 Å². The monoisotopic (exact) mass is 374 g/mol. The minimum absolute atomic E-state index is 0.0639. The molecule has 0 radical (unpaired) electrons. The highest BCUT2D eigenvalue weighted by molar-refractivity contribution is 5.73. The number of likely N-dealkylation sites (tertiary alicyclic amines) is 1. The molecule has 1 aromatic carbocycles. The third-order valence-electron chi connectivity index (χ3n) is 5.53. The van der Waals surface area contributed by atoms with Gasteiger partial charge in [0.05, 0.1) is 5.56 Å². The highest BCUT2D eigenvalue weighted by Gasteiger charge is 2.26. The molecule has 1 fully saturated rings. The van der Waals surface area contributed by atoms with Crippen LogP contribution in [0.25, 0.3) is 11.3 Å². The predicted molar refractivity (Wildman–Crippen MR) is 99.8 cm³/mol. The van der Waals surface area contributed by atoms with Crippen molar-refractivity contribution in [2.24, 2.45) is 0 Å². The van der Waals surface area contributed by atoms with Gasteiger partial charge in [-0.05, 0) is 57.7 Å². The van der Waals surface area contributed by atoms with Crippen LogP contribution in [0.5, 0.6) is 5.75 Å². The van der Waals surface area contributed by atoms with Crippen LogP contribution in [0.3, 0.4) is 0 Å². The number of nitrogens with zero attached hydrogens (tertiary/aromatic N) is 3. The van der Waals surface area contributed by atoms with Gasteiger partial charge in [0.1, 0.15) is 23.1 Å². The first-order valence-electron chi connectivity index (χ1n) is 9.55. The molecular formula is C20H24F2N4O. The molecule has 2 heterocycles. The van der Waals surface area contributed by atoms with Gasteiger partial charge in [-0.1, -0.05) is 0 Å². The second-order valence-corrected chi connectivity index (χ2v) is 7.59. The van der Waals surface area contributed by atoms with E-state index in [1.165, 1.54) is 0 Å². The molecular weight excluding hydrogens is 350 g/mol. The average Bonchev–Trinajstić information content (AvgIpc) is 2.62. The van der Waals surface area contributed by atoms with Gasteiger partial charge >= 0.3 is 0 Å². The van der Waals surface area contributed by atoms with Crippen molar-refractivity contribution in [1.82, 2.24) is 15.1 Å². The first-order chi connectivity index (χ1) is 13.0. The van der Waals surface area contributed by atoms with Crippen LogP contribution in [-0.4, -0.2) is 46.4 Å². The topological polar surface area (TPSA) is 61.3 Å². The lowest BCUT2D eigenvalue weighted by molar-refractivity contribution is 0.260. The zero-order valence-corrected chi connectivity index (χ0v) is 15.4. The first kappa shape index (κ1) is 18.1. The van der Waals surface area contributed by atoms with E-state index in [9.17, 15) is 13.9 Å². The van der Waals surface area contributed by atoms with Crippen molar-refractivity contribution in [3.63, 3.8) is 0 Å². The molecule has 0 bridgehead atoms. The number of phenols is 1. The summed E-state index contributed by atoms with van der Waals surface area (Å²) in [4.78, 5) is 2.29. The van der Waals surface area contributed by atoms with Gasteiger partial charge in [0.15, 0.2) is 5.82 Å². The molecule has 1 atom stereocenters. The maximum absolute atomic E-state index is 14.4. The fourth-order valence-corrected chi connectivity index (χ4v) is 4.24. The highest BCUT2D eigenvalue weighted by Crippen LogP contribution is 2.38. The van der Waals surface area contributed by atoms with Crippen molar-refractivity contribution in [1.29, 1.82) is 0 Å². The van der Waals surface area contributed by atoms with Gasteiger partial charge in [-0.15, -0.1) is 10.2 Å². The van der Waals surface area contributed by atoms with Gasteiger partial charge < -0.3 is 15.3 Å². The lowest BCUT2D eigenvalue weighted by atomic mass is 9.88. The Morgan fingerprint density at radius 3 is 2.63 bits per heavy atom. The van der Waals surface area contributed by atoms with E-state index in [0.29, 0.717) is 11.7 Å². The van der Waals surface area contributed by atoms with Crippen molar-refractivity contribution >= 4 is 5.82 Å². The molecule has 1 unspecified atom stereocenters. The second kappa shape index (κ2) is 7.38. The van der Waals surface area contributed by atoms with E-state index in [4.69, 9.17) is 0 Å². The highest BCUT2D eigenvalue weighted by atomic mass is 19.1. The SMILES string of the molecule is CN1CCCC(Nc2nnc(-c3c(O)cc(F)cc3F)c3c2CCCC3)C1. The number of aromatic hydroxyl groups is 1. The summed E-state index contributed by atoms with van der Waals surface area (Å²) in [6.07, 6.45) is 5.81. The average molecular weight is 374 g/mol. The van der Waals surface area contributed by atoms with Crippen molar-refractivity contribution in [3.05, 3.63) is 34.9 Å². The van der Waals surface area contributed by atoms with Gasteiger partial charge in [0.25, 0.3) is 0 Å². The quantitative estimate of drug-likeness (QED) is 0.861. The fraction of sp³-hybridized carbons (Fsp3) is 0.500. The number of fused-ring (bicyclic) bond motifs is 1. The number of likely N-dealkylation sites (N-methyl/N-ethyl adjacent to an activating group) is 1. The Bertz CT molecular complexity index is 835. The van der Waals surface area contributed by atoms with Crippen LogP contribution in [0.1, 0.15) is 36.8 Å². The first-order valence-corrected chi connectivity index (χ1v) is 9.55. The maximum atomic E-state index is 14.4. The summed E-state index contributed by atoms with van der Waals surface area (Å²) in [6, 6.07) is 2.00. The minimum Gasteiger partial charge on any atom is -0.507 e. The van der Waals surface area contributed by atoms with E-state index >= 15 is 0 Å². The summed E-state index contributed by atoms with van der Waals surface area (Å²) >= 11 is 0. The largest absolute Gasteiger partial charge is 0.507 e. The van der Waals surface area contributed by atoms with Crippen LogP contribution in [-0.2, 0) is 12.8 Å². The number of anilines is 1. The molecule has 1 aliphatic heterocycles. The Hall–Kier alpha value is -2.28. The molecule has 144 valence electrons. The lowest BCUT2D eigenvalue weighted by Gasteiger charge is -2.31. The number of piperidine rings is 1. The minimum atomic E-state index is -0.816. The van der Waals surface area contributed by atoms with Gasteiger partial charge in [-0.25, -0.2) is 8.78 Å². The van der Waals surface area contributed by atoms with Crippen molar-refractivity contribution in [3.8, 4) is 17.0 Å². The standard InChI is InChI=1S/C20H24F2N4O/c1-26-8-4-5-13(11-26)23-20-15-7-3-2-6-14(15)19(24-25-20)18-16(22)9-12(21)10-17(18)27/h9-10,13,27H,2-8,11H2,1H3,(H,23,25). The smallest absolute Gasteiger partial charge is 0.152 e. The van der Waals surface area contributed by atoms with E-state index in [1.54, 1.807) is 0 Å². The number of aromatic nitrogens is 2. The van der Waals surface area contributed by atoms with Crippen LogP contribution in [0, 0.1) is 11.6 Å². The van der Waals surface area contributed by atoms with Crippen LogP contribution in [0.2, 0.25) is 0 Å². The molecule has 2 aromatic rings. The van der Waals surface area contributed by atoms with Crippen LogP contribution in [0.15, 0.2) is 12.1 Å². The van der Waals surface area contributed by atoms with E-state index < -0.39 is 17.4 Å². The summed E-state index contributed by atoms with van der Waals surface area (Å²) in [5.74, 6) is -1.31. The Morgan fingerprint density at radius 2 is 1.89 bits per heavy atom. The van der Waals surface area contributed by atoms with Crippen molar-refractivity contribution in [2.45, 2.75) is 44.6 Å². The summed E-state index contributed by atoms with van der Waals surface area (Å²) < 4.78 is 27.8. The van der Waals surface area contributed by atoms with Crippen molar-refractivity contribution in [2.75, 3.05) is 25.5 Å². The summed E-state index contributed by atoms with van der Waals surface area (Å²) in [5, 5.41) is 22.2. The molecule has 5 nitrogen and oxygen atoms in total. The third kappa shape index (κ3) is 3.60. The predicted octanol–water partition coefficient (Wildman–Crippen LogP) is 3.51. The molecule has 1 aliphatic carbocycles. The lowest BCUT2D eigenvalue weighted by Crippen LogP contribution is -2.40. The number of rotatable bonds is 3. The summed E-state index contributed by atoms with van der Waals surface area (Å²) in [6.45, 7) is 2.05. The molecule has 0 spiro atoms. The van der Waals surface area contributed by atoms with E-state index in [0.717, 1.165) is 80.7 Å². The Morgan fingerprint density at radius 1 is 1.11 bits per heavy atom. The van der Waals surface area contributed by atoms with Gasteiger partial charge in [0.2, 0.25) is 0 Å². The van der Waals surface area contributed by atoms with Gasteiger partial charge in [-0.2, -0.15) is 0 Å². The Kier molecular flexibility index (Phi) is 4.95. The van der Waals surface area contributed by atoms with Crippen LogP contribution in [0.4, 0.5) is 14.6 Å². The van der Waals surface area contributed by atoms with E-state index in [2.05, 4.69) is 27.5 Å². The fourth-order valence-electron chi connectivity index (χ4n) is 4.24. The molecule has 1 aromatic heterocycles. The Balaban J connectivity index is 1.73. The molecule has 0 amide bonds. The number of nitrogens with one attached hydrogen (secondary N) is 1. The van der Waals surface area contributed by atoms with Crippen molar-refractivity contribution < 1.29 is 13.9 Å².